The number of carboxylic acid groups (broad SMARTS) is 1. The van der Waals surface area contributed by atoms with Crippen LogP contribution < -0.4 is 5.32 Å². The third-order valence-corrected chi connectivity index (χ3v) is 3.21. The maximum Gasteiger partial charge on any atom is 0.446 e. The largest absolute Gasteiger partial charge is 0.481 e. The summed E-state index contributed by atoms with van der Waals surface area (Å²) in [7, 11) is 0. The summed E-state index contributed by atoms with van der Waals surface area (Å²) in [4.78, 5) is 22.5. The number of alkyl halides is 3. The quantitative estimate of drug-likeness (QED) is 0.817. The fraction of sp³-hybridized carbons (Fsp3) is 0.385. The molecule has 1 rings (SSSR count). The minimum Gasteiger partial charge on any atom is -0.481 e. The van der Waals surface area contributed by atoms with Gasteiger partial charge in [-0.3, -0.25) is 9.59 Å². The van der Waals surface area contributed by atoms with Gasteiger partial charge in [0.1, 0.15) is 0 Å². The van der Waals surface area contributed by atoms with Crippen LogP contribution in [0.3, 0.4) is 0 Å². The van der Waals surface area contributed by atoms with Gasteiger partial charge < -0.3 is 10.4 Å². The van der Waals surface area contributed by atoms with Crippen LogP contribution in [-0.2, 0) is 4.79 Å². The van der Waals surface area contributed by atoms with Crippen molar-refractivity contribution in [2.24, 2.45) is 0 Å². The Morgan fingerprint density at radius 1 is 1.24 bits per heavy atom. The summed E-state index contributed by atoms with van der Waals surface area (Å²) in [5.74, 6) is -1.85. The molecule has 0 aliphatic heterocycles. The second-order valence-electron chi connectivity index (χ2n) is 4.95. The Balaban J connectivity index is 2.95. The predicted molar refractivity (Wildman–Crippen MR) is 72.2 cm³/mol. The number of benzene rings is 1. The van der Waals surface area contributed by atoms with E-state index in [1.807, 2.05) is 0 Å². The van der Waals surface area contributed by atoms with Gasteiger partial charge in [-0.15, -0.1) is 0 Å². The molecule has 1 amide bonds. The summed E-state index contributed by atoms with van der Waals surface area (Å²) in [6, 6.07) is 5.30. The SMILES string of the molecule is CC(C)(CC(=O)O)NC(=O)c1ccccc1SC(F)(F)F. The Kier molecular flexibility index (Phi) is 5.27. The van der Waals surface area contributed by atoms with Crippen LogP contribution in [-0.4, -0.2) is 28.0 Å². The van der Waals surface area contributed by atoms with Crippen LogP contribution in [0.15, 0.2) is 29.2 Å². The van der Waals surface area contributed by atoms with Crippen LogP contribution in [0.1, 0.15) is 30.6 Å². The normalized spacial score (nSPS) is 12.0. The molecule has 2 N–H and O–H groups in total. The van der Waals surface area contributed by atoms with Crippen molar-refractivity contribution < 1.29 is 27.9 Å². The molecule has 8 heteroatoms. The van der Waals surface area contributed by atoms with Gasteiger partial charge in [0.2, 0.25) is 0 Å². The molecule has 0 aromatic heterocycles. The minimum atomic E-state index is -4.51. The van der Waals surface area contributed by atoms with Crippen LogP contribution >= 0.6 is 11.8 Å². The predicted octanol–water partition coefficient (Wildman–Crippen LogP) is 3.28. The van der Waals surface area contributed by atoms with E-state index in [4.69, 9.17) is 5.11 Å². The molecule has 0 atom stereocenters. The van der Waals surface area contributed by atoms with Gasteiger partial charge in [0.25, 0.3) is 5.91 Å². The number of rotatable bonds is 5. The molecule has 1 aromatic carbocycles. The van der Waals surface area contributed by atoms with Crippen LogP contribution in [0.2, 0.25) is 0 Å². The molecule has 0 fully saturated rings. The molecule has 4 nitrogen and oxygen atoms in total. The molecule has 116 valence electrons. The molecule has 0 saturated heterocycles. The number of aliphatic carboxylic acids is 1. The number of carbonyl (C=O) groups excluding carboxylic acids is 1. The van der Waals surface area contributed by atoms with Crippen molar-refractivity contribution in [3.05, 3.63) is 29.8 Å². The molecule has 1 aromatic rings. The molecular weight excluding hydrogens is 307 g/mol. The number of thioether (sulfide) groups is 1. The van der Waals surface area contributed by atoms with Crippen LogP contribution in [0.5, 0.6) is 0 Å². The molecular formula is C13H14F3NO3S. The maximum absolute atomic E-state index is 12.4. The summed E-state index contributed by atoms with van der Waals surface area (Å²) < 4.78 is 37.3. The maximum atomic E-state index is 12.4. The van der Waals surface area contributed by atoms with Crippen LogP contribution in [0.4, 0.5) is 13.2 Å². The Hall–Kier alpha value is -1.70. The lowest BCUT2D eigenvalue weighted by Crippen LogP contribution is -2.45. The Morgan fingerprint density at radius 2 is 1.81 bits per heavy atom. The van der Waals surface area contributed by atoms with Gasteiger partial charge in [0.05, 0.1) is 12.0 Å². The first kappa shape index (κ1) is 17.4. The molecule has 0 aliphatic carbocycles. The Bertz CT molecular complexity index is 544. The fourth-order valence-corrected chi connectivity index (χ4v) is 2.33. The van der Waals surface area contributed by atoms with E-state index in [1.54, 1.807) is 0 Å². The van der Waals surface area contributed by atoms with E-state index in [1.165, 1.54) is 38.1 Å². The van der Waals surface area contributed by atoms with E-state index in [0.29, 0.717) is 0 Å². The van der Waals surface area contributed by atoms with Crippen molar-refractivity contribution in [3.63, 3.8) is 0 Å². The number of carbonyl (C=O) groups is 2. The third kappa shape index (κ3) is 6.07. The van der Waals surface area contributed by atoms with Gasteiger partial charge in [-0.1, -0.05) is 12.1 Å². The number of hydrogen-bond donors (Lipinski definition) is 2. The highest BCUT2D eigenvalue weighted by Gasteiger charge is 2.32. The zero-order valence-corrected chi connectivity index (χ0v) is 12.1. The lowest BCUT2D eigenvalue weighted by atomic mass is 10.00. The fourth-order valence-electron chi connectivity index (χ4n) is 1.66. The number of amides is 1. The Labute approximate surface area is 123 Å². The highest BCUT2D eigenvalue weighted by atomic mass is 32.2. The molecule has 0 heterocycles. The first-order valence-electron chi connectivity index (χ1n) is 5.89. The highest BCUT2D eigenvalue weighted by molar-refractivity contribution is 8.00. The average Bonchev–Trinajstić information content (AvgIpc) is 2.24. The number of nitrogens with one attached hydrogen (secondary N) is 1. The highest BCUT2D eigenvalue weighted by Crippen LogP contribution is 2.38. The molecule has 0 unspecified atom stereocenters. The lowest BCUT2D eigenvalue weighted by molar-refractivity contribution is -0.138. The molecule has 0 saturated carbocycles. The van der Waals surface area contributed by atoms with E-state index in [2.05, 4.69) is 5.32 Å². The van der Waals surface area contributed by atoms with Gasteiger partial charge >= 0.3 is 11.5 Å². The van der Waals surface area contributed by atoms with Gasteiger partial charge in [0.15, 0.2) is 0 Å². The van der Waals surface area contributed by atoms with Gasteiger partial charge in [-0.2, -0.15) is 13.2 Å². The average molecular weight is 321 g/mol. The number of hydrogen-bond acceptors (Lipinski definition) is 3. The van der Waals surface area contributed by atoms with Crippen molar-refractivity contribution in [1.82, 2.24) is 5.32 Å². The van der Waals surface area contributed by atoms with E-state index in [9.17, 15) is 22.8 Å². The molecule has 0 bridgehead atoms. The van der Waals surface area contributed by atoms with Crippen LogP contribution in [0.25, 0.3) is 0 Å². The van der Waals surface area contributed by atoms with E-state index in [-0.39, 0.29) is 28.6 Å². The van der Waals surface area contributed by atoms with Crippen molar-refractivity contribution in [2.45, 2.75) is 36.2 Å². The van der Waals surface area contributed by atoms with Gasteiger partial charge in [0, 0.05) is 10.4 Å². The van der Waals surface area contributed by atoms with Crippen molar-refractivity contribution >= 4 is 23.6 Å². The molecule has 0 radical (unpaired) electrons. The Morgan fingerprint density at radius 3 is 2.33 bits per heavy atom. The lowest BCUT2D eigenvalue weighted by Gasteiger charge is -2.24. The van der Waals surface area contributed by atoms with Crippen molar-refractivity contribution in [1.29, 1.82) is 0 Å². The minimum absolute atomic E-state index is 0.140. The third-order valence-electron chi connectivity index (χ3n) is 2.40. The molecule has 0 aliphatic rings. The molecule has 0 spiro atoms. The summed E-state index contributed by atoms with van der Waals surface area (Å²) >= 11 is -0.382. The van der Waals surface area contributed by atoms with Gasteiger partial charge in [-0.25, -0.2) is 0 Å². The first-order chi connectivity index (χ1) is 9.50. The topological polar surface area (TPSA) is 66.4 Å². The first-order valence-corrected chi connectivity index (χ1v) is 6.71. The van der Waals surface area contributed by atoms with E-state index >= 15 is 0 Å². The standard InChI is InChI=1S/C13H14F3NO3S/c1-12(2,7-10(18)19)17-11(20)8-5-3-4-6-9(8)21-13(14,15)16/h3-6H,7H2,1-2H3,(H,17,20)(H,18,19). The number of carboxylic acids is 1. The van der Waals surface area contributed by atoms with Crippen molar-refractivity contribution in [3.8, 4) is 0 Å². The number of halogens is 3. The second kappa shape index (κ2) is 6.38. The molecule has 21 heavy (non-hydrogen) atoms. The van der Waals surface area contributed by atoms with Crippen molar-refractivity contribution in [2.75, 3.05) is 0 Å². The summed E-state index contributed by atoms with van der Waals surface area (Å²) in [6.07, 6.45) is -0.340. The van der Waals surface area contributed by atoms with E-state index in [0.717, 1.165) is 0 Å². The monoisotopic (exact) mass is 321 g/mol. The second-order valence-corrected chi connectivity index (χ2v) is 6.06. The van der Waals surface area contributed by atoms with Crippen LogP contribution in [0, 0.1) is 0 Å². The summed E-state index contributed by atoms with van der Waals surface area (Å²) in [5.41, 5.74) is -5.72. The zero-order chi connectivity index (χ0) is 16.3. The summed E-state index contributed by atoms with van der Waals surface area (Å²) in [6.45, 7) is 2.97. The zero-order valence-electron chi connectivity index (χ0n) is 11.3. The van der Waals surface area contributed by atoms with Gasteiger partial charge in [-0.05, 0) is 37.7 Å². The summed E-state index contributed by atoms with van der Waals surface area (Å²) in [5, 5.41) is 11.2. The van der Waals surface area contributed by atoms with E-state index < -0.39 is 22.9 Å². The smallest absolute Gasteiger partial charge is 0.446 e.